The van der Waals surface area contributed by atoms with Crippen molar-refractivity contribution in [3.63, 3.8) is 0 Å². The Hall–Kier alpha value is -3.13. The molecule has 1 aromatic carbocycles. The van der Waals surface area contributed by atoms with E-state index in [1.165, 1.54) is 17.7 Å². The number of nitrogens with zero attached hydrogens (tertiary/aromatic N) is 4. The van der Waals surface area contributed by atoms with Gasteiger partial charge in [0.05, 0.1) is 23.5 Å². The summed E-state index contributed by atoms with van der Waals surface area (Å²) in [5.74, 6) is 1.35. The smallest absolute Gasteiger partial charge is 0.274 e. The SMILES string of the molecule is CCc1nn2c(=O)cc(-c3ccc(Cl)c(OC)c3)[nH]c2c1-c1nc(C)no1. The first-order chi connectivity index (χ1) is 13.0. The van der Waals surface area contributed by atoms with Gasteiger partial charge < -0.3 is 14.2 Å². The van der Waals surface area contributed by atoms with Crippen molar-refractivity contribution in [2.45, 2.75) is 20.3 Å². The fraction of sp³-hybridized carbons (Fsp3) is 0.222. The van der Waals surface area contributed by atoms with E-state index in [9.17, 15) is 4.79 Å². The molecule has 0 aliphatic rings. The minimum atomic E-state index is -0.273. The van der Waals surface area contributed by atoms with Crippen LogP contribution >= 0.6 is 11.6 Å². The number of halogens is 1. The lowest BCUT2D eigenvalue weighted by atomic mass is 10.1. The van der Waals surface area contributed by atoms with Crippen molar-refractivity contribution in [3.8, 4) is 28.5 Å². The van der Waals surface area contributed by atoms with Crippen LogP contribution in [0, 0.1) is 6.92 Å². The summed E-state index contributed by atoms with van der Waals surface area (Å²) in [6.07, 6.45) is 0.607. The molecule has 1 N–H and O–H groups in total. The number of hydrogen-bond acceptors (Lipinski definition) is 6. The number of fused-ring (bicyclic) bond motifs is 1. The Kier molecular flexibility index (Phi) is 4.19. The first-order valence-electron chi connectivity index (χ1n) is 8.31. The van der Waals surface area contributed by atoms with Crippen LogP contribution in [0.5, 0.6) is 5.75 Å². The number of ether oxygens (including phenoxy) is 1. The Labute approximate surface area is 158 Å². The van der Waals surface area contributed by atoms with Gasteiger partial charge in [-0.2, -0.15) is 14.6 Å². The fourth-order valence-corrected chi connectivity index (χ4v) is 3.13. The van der Waals surface area contributed by atoms with Crippen LogP contribution in [0.4, 0.5) is 0 Å². The summed E-state index contributed by atoms with van der Waals surface area (Å²) in [7, 11) is 1.54. The summed E-state index contributed by atoms with van der Waals surface area (Å²) in [6.45, 7) is 3.68. The van der Waals surface area contributed by atoms with Gasteiger partial charge in [-0.3, -0.25) is 4.79 Å². The number of hydrogen-bond donors (Lipinski definition) is 1. The van der Waals surface area contributed by atoms with E-state index in [4.69, 9.17) is 20.9 Å². The van der Waals surface area contributed by atoms with Crippen LogP contribution in [0.2, 0.25) is 5.02 Å². The Morgan fingerprint density at radius 1 is 1.33 bits per heavy atom. The van der Waals surface area contributed by atoms with Crippen molar-refractivity contribution < 1.29 is 9.26 Å². The Bertz CT molecular complexity index is 1210. The highest BCUT2D eigenvalue weighted by atomic mass is 35.5. The maximum atomic E-state index is 12.7. The molecule has 0 saturated carbocycles. The van der Waals surface area contributed by atoms with Crippen molar-refractivity contribution >= 4 is 17.2 Å². The first-order valence-corrected chi connectivity index (χ1v) is 8.69. The summed E-state index contributed by atoms with van der Waals surface area (Å²) in [6, 6.07) is 6.76. The molecule has 0 unspecified atom stereocenters. The number of nitrogens with one attached hydrogen (secondary N) is 1. The molecule has 4 aromatic rings. The van der Waals surface area contributed by atoms with Crippen LogP contribution in [0.25, 0.3) is 28.4 Å². The second-order valence-corrected chi connectivity index (χ2v) is 6.36. The monoisotopic (exact) mass is 385 g/mol. The Morgan fingerprint density at radius 2 is 2.15 bits per heavy atom. The number of benzene rings is 1. The second-order valence-electron chi connectivity index (χ2n) is 5.95. The van der Waals surface area contributed by atoms with Crippen LogP contribution < -0.4 is 10.3 Å². The van der Waals surface area contributed by atoms with E-state index in [0.29, 0.717) is 51.5 Å². The molecule has 138 valence electrons. The van der Waals surface area contributed by atoms with Gasteiger partial charge in [-0.25, -0.2) is 0 Å². The maximum absolute atomic E-state index is 12.7. The van der Waals surface area contributed by atoms with Crippen LogP contribution in [0.1, 0.15) is 18.4 Å². The molecule has 0 saturated heterocycles. The van der Waals surface area contributed by atoms with Gasteiger partial charge in [0.15, 0.2) is 11.5 Å². The molecular weight excluding hydrogens is 370 g/mol. The maximum Gasteiger partial charge on any atom is 0.274 e. The van der Waals surface area contributed by atoms with E-state index in [-0.39, 0.29) is 5.56 Å². The molecule has 4 rings (SSSR count). The average Bonchev–Trinajstić information content (AvgIpc) is 3.25. The molecular formula is C18H16ClN5O3. The van der Waals surface area contributed by atoms with Crippen LogP contribution in [0.15, 0.2) is 33.6 Å². The van der Waals surface area contributed by atoms with Gasteiger partial charge in [-0.05, 0) is 25.5 Å². The normalized spacial score (nSPS) is 11.3. The van der Waals surface area contributed by atoms with E-state index in [0.717, 1.165) is 5.56 Å². The lowest BCUT2D eigenvalue weighted by molar-refractivity contribution is 0.415. The van der Waals surface area contributed by atoms with Crippen molar-refractivity contribution in [1.29, 1.82) is 0 Å². The number of aryl methyl sites for hydroxylation is 2. The largest absolute Gasteiger partial charge is 0.495 e. The van der Waals surface area contributed by atoms with Crippen LogP contribution in [-0.4, -0.2) is 31.8 Å². The van der Waals surface area contributed by atoms with E-state index >= 15 is 0 Å². The topological polar surface area (TPSA) is 98.3 Å². The molecule has 8 nitrogen and oxygen atoms in total. The molecule has 0 bridgehead atoms. The molecule has 3 aromatic heterocycles. The molecule has 0 amide bonds. The number of methoxy groups -OCH3 is 1. The summed E-state index contributed by atoms with van der Waals surface area (Å²) in [5, 5.41) is 8.73. The molecule has 0 atom stereocenters. The zero-order valence-corrected chi connectivity index (χ0v) is 15.7. The second kappa shape index (κ2) is 6.55. The predicted molar refractivity (Wildman–Crippen MR) is 100 cm³/mol. The molecule has 0 spiro atoms. The lowest BCUT2D eigenvalue weighted by Crippen LogP contribution is -2.14. The van der Waals surface area contributed by atoms with Crippen molar-refractivity contribution in [3.05, 3.63) is 51.2 Å². The van der Waals surface area contributed by atoms with E-state index in [1.807, 2.05) is 6.92 Å². The summed E-state index contributed by atoms with van der Waals surface area (Å²) >= 11 is 6.10. The molecule has 3 heterocycles. The highest BCUT2D eigenvalue weighted by molar-refractivity contribution is 6.32. The third kappa shape index (κ3) is 2.87. The summed E-state index contributed by atoms with van der Waals surface area (Å²) in [5.41, 5.74) is 2.89. The van der Waals surface area contributed by atoms with Crippen molar-refractivity contribution in [1.82, 2.24) is 24.7 Å². The summed E-state index contributed by atoms with van der Waals surface area (Å²) in [4.78, 5) is 20.2. The van der Waals surface area contributed by atoms with E-state index in [1.54, 1.807) is 25.1 Å². The highest BCUT2D eigenvalue weighted by Crippen LogP contribution is 2.31. The van der Waals surface area contributed by atoms with Crippen LogP contribution in [-0.2, 0) is 6.42 Å². The van der Waals surface area contributed by atoms with Gasteiger partial charge in [-0.15, -0.1) is 0 Å². The number of rotatable bonds is 4. The minimum Gasteiger partial charge on any atom is -0.495 e. The molecule has 0 fully saturated rings. The highest BCUT2D eigenvalue weighted by Gasteiger charge is 2.21. The van der Waals surface area contributed by atoms with Gasteiger partial charge in [-0.1, -0.05) is 29.7 Å². The Morgan fingerprint density at radius 3 is 2.81 bits per heavy atom. The Balaban J connectivity index is 1.99. The van der Waals surface area contributed by atoms with Gasteiger partial charge in [0.2, 0.25) is 0 Å². The third-order valence-electron chi connectivity index (χ3n) is 4.23. The van der Waals surface area contributed by atoms with Gasteiger partial charge in [0.1, 0.15) is 11.3 Å². The first kappa shape index (κ1) is 17.3. The van der Waals surface area contributed by atoms with E-state index in [2.05, 4.69) is 20.2 Å². The van der Waals surface area contributed by atoms with Crippen molar-refractivity contribution in [2.75, 3.05) is 7.11 Å². The zero-order chi connectivity index (χ0) is 19.1. The number of aromatic amines is 1. The fourth-order valence-electron chi connectivity index (χ4n) is 2.94. The molecule has 9 heteroatoms. The standard InChI is InChI=1S/C18H16ClN5O3/c1-4-12-16(18-20-9(2)23-27-18)17-21-13(8-15(25)24(17)22-12)10-5-6-11(19)14(7-10)26-3/h5-8,21H,4H2,1-3H3. The molecule has 0 radical (unpaired) electrons. The molecule has 27 heavy (non-hydrogen) atoms. The molecule has 0 aliphatic heterocycles. The zero-order valence-electron chi connectivity index (χ0n) is 14.9. The van der Waals surface area contributed by atoms with E-state index < -0.39 is 0 Å². The molecule has 0 aliphatic carbocycles. The van der Waals surface area contributed by atoms with Gasteiger partial charge in [0.25, 0.3) is 11.4 Å². The average molecular weight is 386 g/mol. The lowest BCUT2D eigenvalue weighted by Gasteiger charge is -2.07. The predicted octanol–water partition coefficient (Wildman–Crippen LogP) is 3.27. The third-order valence-corrected chi connectivity index (χ3v) is 4.54. The number of H-pyrrole nitrogens is 1. The van der Waals surface area contributed by atoms with Crippen LogP contribution in [0.3, 0.4) is 0 Å². The van der Waals surface area contributed by atoms with Crippen molar-refractivity contribution in [2.24, 2.45) is 0 Å². The summed E-state index contributed by atoms with van der Waals surface area (Å²) < 4.78 is 11.9. The minimum absolute atomic E-state index is 0.273. The quantitative estimate of drug-likeness (QED) is 0.579. The van der Waals surface area contributed by atoms with Gasteiger partial charge >= 0.3 is 0 Å². The van der Waals surface area contributed by atoms with Gasteiger partial charge in [0, 0.05) is 11.6 Å². The number of aromatic nitrogens is 5.